The molecule has 1 heterocycles. The second kappa shape index (κ2) is 7.66. The Hall–Kier alpha value is -2.73. The highest BCUT2D eigenvalue weighted by atomic mass is 16.3. The summed E-state index contributed by atoms with van der Waals surface area (Å²) in [6.07, 6.45) is 2.25. The van der Waals surface area contributed by atoms with Gasteiger partial charge in [0.05, 0.1) is 12.6 Å². The molecule has 1 aliphatic rings. The van der Waals surface area contributed by atoms with Gasteiger partial charge in [0.25, 0.3) is 11.5 Å². The predicted molar refractivity (Wildman–Crippen MR) is 97.9 cm³/mol. The fourth-order valence-electron chi connectivity index (χ4n) is 3.24. The van der Waals surface area contributed by atoms with E-state index in [0.717, 1.165) is 0 Å². The van der Waals surface area contributed by atoms with Gasteiger partial charge >= 0.3 is 0 Å². The molecular weight excluding hydrogens is 332 g/mol. The summed E-state index contributed by atoms with van der Waals surface area (Å²) in [7, 11) is 0. The molecule has 1 aromatic heterocycles. The van der Waals surface area contributed by atoms with Gasteiger partial charge in [-0.25, -0.2) is 0 Å². The number of hydrogen-bond acceptors (Lipinski definition) is 4. The highest BCUT2D eigenvalue weighted by Gasteiger charge is 2.26. The van der Waals surface area contributed by atoms with E-state index in [2.05, 4.69) is 5.32 Å². The van der Waals surface area contributed by atoms with Gasteiger partial charge in [0.15, 0.2) is 5.78 Å². The minimum atomic E-state index is -0.568. The molecule has 1 aromatic carbocycles. The molecule has 0 saturated heterocycles. The van der Waals surface area contributed by atoms with Crippen LogP contribution in [0, 0.1) is 0 Å². The van der Waals surface area contributed by atoms with Crippen molar-refractivity contribution in [3.63, 3.8) is 0 Å². The van der Waals surface area contributed by atoms with Crippen LogP contribution >= 0.6 is 0 Å². The van der Waals surface area contributed by atoms with Gasteiger partial charge < -0.3 is 10.4 Å². The van der Waals surface area contributed by atoms with Crippen LogP contribution in [0.3, 0.4) is 0 Å². The number of aliphatic hydroxyl groups excluding tert-OH is 1. The maximum atomic E-state index is 13.1. The fraction of sp³-hybridized carbons (Fsp3) is 0.350. The number of carbonyl (C=O) groups is 2. The van der Waals surface area contributed by atoms with Gasteiger partial charge in [-0.05, 0) is 37.5 Å². The average molecular weight is 354 g/mol. The van der Waals surface area contributed by atoms with Crippen molar-refractivity contribution in [2.24, 2.45) is 0 Å². The number of aliphatic hydroxyl groups is 1. The second-order valence-electron chi connectivity index (χ2n) is 6.43. The van der Waals surface area contributed by atoms with Gasteiger partial charge in [0.2, 0.25) is 0 Å². The molecule has 1 unspecified atom stereocenters. The van der Waals surface area contributed by atoms with Crippen LogP contribution in [0.2, 0.25) is 0 Å². The third kappa shape index (κ3) is 3.32. The Kier molecular flexibility index (Phi) is 5.32. The van der Waals surface area contributed by atoms with Crippen LogP contribution in [0.15, 0.2) is 41.2 Å². The van der Waals surface area contributed by atoms with Crippen LogP contribution in [-0.4, -0.2) is 34.0 Å². The zero-order chi connectivity index (χ0) is 18.7. The molecule has 6 nitrogen and oxygen atoms in total. The van der Waals surface area contributed by atoms with Gasteiger partial charge in [-0.15, -0.1) is 0 Å². The highest BCUT2D eigenvalue weighted by Crippen LogP contribution is 2.23. The van der Waals surface area contributed by atoms with Crippen molar-refractivity contribution in [3.05, 3.63) is 63.6 Å². The lowest BCUT2D eigenvalue weighted by atomic mass is 9.92. The predicted octanol–water partition coefficient (Wildman–Crippen LogP) is 1.86. The Morgan fingerprint density at radius 2 is 1.96 bits per heavy atom. The first-order valence-electron chi connectivity index (χ1n) is 8.86. The molecule has 6 heteroatoms. The van der Waals surface area contributed by atoms with E-state index in [1.54, 1.807) is 12.1 Å². The van der Waals surface area contributed by atoms with Gasteiger partial charge in [0, 0.05) is 23.4 Å². The molecule has 0 radical (unpaired) electrons. The first-order chi connectivity index (χ1) is 12.6. The van der Waals surface area contributed by atoms with Crippen molar-refractivity contribution < 1.29 is 14.7 Å². The monoisotopic (exact) mass is 354 g/mol. The van der Waals surface area contributed by atoms with E-state index in [1.807, 2.05) is 25.1 Å². The molecule has 0 fully saturated rings. The van der Waals surface area contributed by atoms with Gasteiger partial charge in [-0.2, -0.15) is 0 Å². The van der Waals surface area contributed by atoms with E-state index >= 15 is 0 Å². The molecule has 2 aromatic rings. The number of aromatic nitrogens is 1. The molecule has 1 aliphatic carbocycles. The van der Waals surface area contributed by atoms with E-state index in [1.165, 1.54) is 10.6 Å². The average Bonchev–Trinajstić information content (AvgIpc) is 2.66. The van der Waals surface area contributed by atoms with E-state index in [0.29, 0.717) is 42.6 Å². The van der Waals surface area contributed by atoms with Crippen molar-refractivity contribution in [1.82, 2.24) is 9.88 Å². The van der Waals surface area contributed by atoms with Crippen LogP contribution in [0.1, 0.15) is 52.6 Å². The van der Waals surface area contributed by atoms with E-state index in [9.17, 15) is 19.5 Å². The molecule has 0 spiro atoms. The Morgan fingerprint density at radius 3 is 2.62 bits per heavy atom. The number of nitrogens with one attached hydrogen (secondary N) is 1. The first kappa shape index (κ1) is 18.1. The Morgan fingerprint density at radius 1 is 1.23 bits per heavy atom. The topological polar surface area (TPSA) is 88.4 Å². The van der Waals surface area contributed by atoms with Crippen LogP contribution in [0.25, 0.3) is 5.69 Å². The molecule has 1 atom stereocenters. The first-order valence-corrected chi connectivity index (χ1v) is 8.86. The largest absolute Gasteiger partial charge is 0.394 e. The zero-order valence-corrected chi connectivity index (χ0v) is 14.7. The Labute approximate surface area is 151 Å². The van der Waals surface area contributed by atoms with Crippen molar-refractivity contribution in [2.75, 3.05) is 6.61 Å². The van der Waals surface area contributed by atoms with E-state index in [-0.39, 0.29) is 18.0 Å². The zero-order valence-electron chi connectivity index (χ0n) is 14.7. The lowest BCUT2D eigenvalue weighted by Crippen LogP contribution is -2.41. The van der Waals surface area contributed by atoms with Crippen LogP contribution < -0.4 is 10.9 Å². The summed E-state index contributed by atoms with van der Waals surface area (Å²) in [5, 5.41) is 12.0. The summed E-state index contributed by atoms with van der Waals surface area (Å²) in [5.41, 5.74) is 1.20. The summed E-state index contributed by atoms with van der Waals surface area (Å²) >= 11 is 0. The molecule has 26 heavy (non-hydrogen) atoms. The number of rotatable bonds is 5. The number of hydrogen-bond donors (Lipinski definition) is 2. The number of nitrogens with zero attached hydrogens (tertiary/aromatic N) is 1. The van der Waals surface area contributed by atoms with Crippen molar-refractivity contribution >= 4 is 11.7 Å². The van der Waals surface area contributed by atoms with Crippen LogP contribution in [-0.2, 0) is 6.42 Å². The minimum absolute atomic E-state index is 0.0563. The summed E-state index contributed by atoms with van der Waals surface area (Å²) in [6, 6.07) is 10.0. The molecule has 0 aliphatic heterocycles. The molecule has 0 saturated carbocycles. The standard InChI is InChI=1S/C20H22N2O4/c1-2-13(12-23)21-19(25)16-11-15-17(9-6-10-18(15)24)22(20(16)26)14-7-4-3-5-8-14/h3-5,7-8,11,13,23H,2,6,9-10,12H2,1H3,(H,21,25). The quantitative estimate of drug-likeness (QED) is 0.858. The fourth-order valence-corrected chi connectivity index (χ4v) is 3.24. The normalized spacial score (nSPS) is 14.6. The summed E-state index contributed by atoms with van der Waals surface area (Å²) in [5.74, 6) is -0.624. The van der Waals surface area contributed by atoms with E-state index in [4.69, 9.17) is 0 Å². The maximum absolute atomic E-state index is 13.1. The van der Waals surface area contributed by atoms with E-state index < -0.39 is 17.5 Å². The maximum Gasteiger partial charge on any atom is 0.268 e. The van der Waals surface area contributed by atoms with Crippen molar-refractivity contribution in [2.45, 2.75) is 38.6 Å². The summed E-state index contributed by atoms with van der Waals surface area (Å²) in [4.78, 5) is 38.1. The Balaban J connectivity index is 2.18. The number of benzene rings is 1. The summed E-state index contributed by atoms with van der Waals surface area (Å²) in [6.45, 7) is 1.62. The summed E-state index contributed by atoms with van der Waals surface area (Å²) < 4.78 is 1.47. The van der Waals surface area contributed by atoms with Crippen LogP contribution in [0.5, 0.6) is 0 Å². The molecule has 0 bridgehead atoms. The third-order valence-electron chi connectivity index (χ3n) is 4.73. The highest BCUT2D eigenvalue weighted by molar-refractivity contribution is 6.02. The lowest BCUT2D eigenvalue weighted by molar-refractivity contribution is 0.0913. The lowest BCUT2D eigenvalue weighted by Gasteiger charge is -2.22. The second-order valence-corrected chi connectivity index (χ2v) is 6.43. The number of para-hydroxylation sites is 1. The number of Topliss-reactive ketones (excluding diaryl/α,β-unsaturated/α-hetero) is 1. The number of amides is 1. The minimum Gasteiger partial charge on any atom is -0.394 e. The number of fused-ring (bicyclic) bond motifs is 1. The number of carbonyl (C=O) groups excluding carboxylic acids is 2. The molecule has 136 valence electrons. The number of ketones is 1. The van der Waals surface area contributed by atoms with Crippen LogP contribution in [0.4, 0.5) is 0 Å². The molecular formula is C20H22N2O4. The molecule has 3 rings (SSSR count). The van der Waals surface area contributed by atoms with Gasteiger partial charge in [-0.1, -0.05) is 25.1 Å². The molecule has 2 N–H and O–H groups in total. The Bertz CT molecular complexity index is 883. The smallest absolute Gasteiger partial charge is 0.268 e. The van der Waals surface area contributed by atoms with Crippen molar-refractivity contribution in [1.29, 1.82) is 0 Å². The molecule has 1 amide bonds. The van der Waals surface area contributed by atoms with Gasteiger partial charge in [-0.3, -0.25) is 19.0 Å². The SMILES string of the molecule is CCC(CO)NC(=O)c1cc2c(n(-c3ccccc3)c1=O)CCCC2=O. The number of pyridine rings is 1. The van der Waals surface area contributed by atoms with Crippen molar-refractivity contribution in [3.8, 4) is 5.69 Å². The third-order valence-corrected chi connectivity index (χ3v) is 4.73. The van der Waals surface area contributed by atoms with Gasteiger partial charge in [0.1, 0.15) is 5.56 Å².